The molecule has 2 rings (SSSR count). The molecule has 0 aliphatic heterocycles. The highest BCUT2D eigenvalue weighted by molar-refractivity contribution is 6.19. The van der Waals surface area contributed by atoms with Gasteiger partial charge in [0.15, 0.2) is 0 Å². The van der Waals surface area contributed by atoms with E-state index in [0.717, 1.165) is 24.4 Å². The lowest BCUT2D eigenvalue weighted by molar-refractivity contribution is 0.310. The molecule has 1 aromatic rings. The van der Waals surface area contributed by atoms with Crippen molar-refractivity contribution in [3.8, 4) is 0 Å². The van der Waals surface area contributed by atoms with Crippen LogP contribution in [0, 0.1) is 6.92 Å². The van der Waals surface area contributed by atoms with E-state index in [9.17, 15) is 0 Å². The summed E-state index contributed by atoms with van der Waals surface area (Å²) in [6.45, 7) is 2.00. The minimum absolute atomic E-state index is 0.113. The molecule has 1 aliphatic carbocycles. The van der Waals surface area contributed by atoms with E-state index in [1.54, 1.807) is 0 Å². The molecule has 0 aromatic carbocycles. The van der Waals surface area contributed by atoms with Gasteiger partial charge in [-0.05, 0) is 38.3 Å². The number of anilines is 1. The fourth-order valence-electron chi connectivity index (χ4n) is 1.78. The van der Waals surface area contributed by atoms with Crippen molar-refractivity contribution in [2.75, 3.05) is 11.2 Å². The molecule has 0 spiro atoms. The summed E-state index contributed by atoms with van der Waals surface area (Å²) in [5.74, 6) is 1.62. The van der Waals surface area contributed by atoms with E-state index in [-0.39, 0.29) is 5.54 Å². The molecule has 3 heteroatoms. The molecule has 0 amide bonds. The van der Waals surface area contributed by atoms with Crippen molar-refractivity contribution in [2.45, 2.75) is 31.7 Å². The molecule has 1 heterocycles. The van der Waals surface area contributed by atoms with Gasteiger partial charge in [0.25, 0.3) is 0 Å². The number of pyridine rings is 1. The highest BCUT2D eigenvalue weighted by Crippen LogP contribution is 2.35. The third kappa shape index (κ3) is 1.85. The molecule has 1 saturated carbocycles. The van der Waals surface area contributed by atoms with Crippen LogP contribution in [0.2, 0.25) is 0 Å². The normalized spacial score (nSPS) is 18.7. The Morgan fingerprint density at radius 3 is 2.79 bits per heavy atom. The summed E-state index contributed by atoms with van der Waals surface area (Å²) >= 11 is 5.96. The van der Waals surface area contributed by atoms with E-state index in [4.69, 9.17) is 11.6 Å². The lowest BCUT2D eigenvalue weighted by atomic mass is 9.78. The van der Waals surface area contributed by atoms with E-state index in [1.165, 1.54) is 6.42 Å². The molecule has 0 saturated heterocycles. The van der Waals surface area contributed by atoms with Crippen molar-refractivity contribution in [1.82, 2.24) is 4.98 Å². The fourth-order valence-corrected chi connectivity index (χ4v) is 2.11. The molecule has 14 heavy (non-hydrogen) atoms. The molecule has 1 N–H and O–H groups in total. The summed E-state index contributed by atoms with van der Waals surface area (Å²) in [7, 11) is 0. The minimum Gasteiger partial charge on any atom is -0.363 e. The van der Waals surface area contributed by atoms with Gasteiger partial charge in [-0.2, -0.15) is 0 Å². The summed E-state index contributed by atoms with van der Waals surface area (Å²) in [6.07, 6.45) is 3.59. The molecule has 0 atom stereocenters. The number of hydrogen-bond donors (Lipinski definition) is 1. The van der Waals surface area contributed by atoms with Gasteiger partial charge in [0.1, 0.15) is 5.82 Å². The van der Waals surface area contributed by atoms with Crippen molar-refractivity contribution in [3.05, 3.63) is 23.9 Å². The van der Waals surface area contributed by atoms with Gasteiger partial charge in [0, 0.05) is 11.6 Å². The van der Waals surface area contributed by atoms with Crippen LogP contribution >= 0.6 is 11.6 Å². The Morgan fingerprint density at radius 2 is 2.29 bits per heavy atom. The summed E-state index contributed by atoms with van der Waals surface area (Å²) in [5, 5.41) is 3.44. The molecule has 2 nitrogen and oxygen atoms in total. The predicted octanol–water partition coefficient (Wildman–Crippen LogP) is 2.96. The first-order valence-electron chi connectivity index (χ1n) is 5.02. The number of aryl methyl sites for hydroxylation is 1. The van der Waals surface area contributed by atoms with Crippen LogP contribution < -0.4 is 5.32 Å². The number of nitrogens with one attached hydrogen (secondary N) is 1. The summed E-state index contributed by atoms with van der Waals surface area (Å²) in [5.41, 5.74) is 1.15. The Balaban J connectivity index is 2.09. The topological polar surface area (TPSA) is 24.9 Å². The predicted molar refractivity (Wildman–Crippen MR) is 59.9 cm³/mol. The SMILES string of the molecule is Cc1cccc(NC2(CCl)CCC2)n1. The van der Waals surface area contributed by atoms with E-state index >= 15 is 0 Å². The third-order valence-electron chi connectivity index (χ3n) is 2.85. The molecule has 0 radical (unpaired) electrons. The van der Waals surface area contributed by atoms with Crippen molar-refractivity contribution in [1.29, 1.82) is 0 Å². The van der Waals surface area contributed by atoms with E-state index < -0.39 is 0 Å². The van der Waals surface area contributed by atoms with Gasteiger partial charge in [-0.3, -0.25) is 0 Å². The van der Waals surface area contributed by atoms with Gasteiger partial charge in [0.05, 0.1) is 5.54 Å². The second-order valence-corrected chi connectivity index (χ2v) is 4.32. The first-order chi connectivity index (χ1) is 6.74. The Bertz CT molecular complexity index is 315. The lowest BCUT2D eigenvalue weighted by Gasteiger charge is -2.41. The average Bonchev–Trinajstić information content (AvgIpc) is 2.11. The summed E-state index contributed by atoms with van der Waals surface area (Å²) < 4.78 is 0. The highest BCUT2D eigenvalue weighted by Gasteiger charge is 2.36. The zero-order chi connectivity index (χ0) is 10.0. The first-order valence-corrected chi connectivity index (χ1v) is 5.55. The molecule has 1 fully saturated rings. The van der Waals surface area contributed by atoms with Gasteiger partial charge >= 0.3 is 0 Å². The van der Waals surface area contributed by atoms with E-state index in [2.05, 4.69) is 10.3 Å². The quantitative estimate of drug-likeness (QED) is 0.776. The second kappa shape index (κ2) is 3.77. The van der Waals surface area contributed by atoms with Crippen LogP contribution in [-0.4, -0.2) is 16.4 Å². The van der Waals surface area contributed by atoms with Crippen LogP contribution in [0.3, 0.4) is 0 Å². The van der Waals surface area contributed by atoms with Crippen LogP contribution in [0.5, 0.6) is 0 Å². The zero-order valence-corrected chi connectivity index (χ0v) is 9.14. The zero-order valence-electron chi connectivity index (χ0n) is 8.39. The number of nitrogens with zero attached hydrogens (tertiary/aromatic N) is 1. The van der Waals surface area contributed by atoms with Crippen LogP contribution in [0.25, 0.3) is 0 Å². The smallest absolute Gasteiger partial charge is 0.126 e. The fraction of sp³-hybridized carbons (Fsp3) is 0.545. The van der Waals surface area contributed by atoms with Gasteiger partial charge in [-0.15, -0.1) is 11.6 Å². The Hall–Kier alpha value is -0.760. The Morgan fingerprint density at radius 1 is 1.50 bits per heavy atom. The maximum atomic E-state index is 5.96. The second-order valence-electron chi connectivity index (χ2n) is 4.06. The average molecular weight is 211 g/mol. The molecule has 0 unspecified atom stereocenters. The Kier molecular flexibility index (Phi) is 2.64. The maximum absolute atomic E-state index is 5.96. The van der Waals surface area contributed by atoms with Gasteiger partial charge < -0.3 is 5.32 Å². The number of rotatable bonds is 3. The van der Waals surface area contributed by atoms with Crippen LogP contribution in [0.15, 0.2) is 18.2 Å². The molecule has 76 valence electrons. The van der Waals surface area contributed by atoms with Crippen molar-refractivity contribution < 1.29 is 0 Å². The number of hydrogen-bond acceptors (Lipinski definition) is 2. The van der Waals surface area contributed by atoms with Crippen LogP contribution in [0.1, 0.15) is 25.0 Å². The lowest BCUT2D eigenvalue weighted by Crippen LogP contribution is -2.47. The molecule has 1 aromatic heterocycles. The van der Waals surface area contributed by atoms with E-state index in [1.807, 2.05) is 25.1 Å². The van der Waals surface area contributed by atoms with Crippen LogP contribution in [-0.2, 0) is 0 Å². The number of alkyl halides is 1. The van der Waals surface area contributed by atoms with Crippen molar-refractivity contribution in [3.63, 3.8) is 0 Å². The minimum atomic E-state index is 0.113. The van der Waals surface area contributed by atoms with Gasteiger partial charge in [-0.25, -0.2) is 4.98 Å². The van der Waals surface area contributed by atoms with Crippen molar-refractivity contribution in [2.24, 2.45) is 0 Å². The number of halogens is 1. The Labute approximate surface area is 89.7 Å². The van der Waals surface area contributed by atoms with Gasteiger partial charge in [-0.1, -0.05) is 6.07 Å². The largest absolute Gasteiger partial charge is 0.363 e. The maximum Gasteiger partial charge on any atom is 0.126 e. The first kappa shape index (κ1) is 9.78. The summed E-state index contributed by atoms with van der Waals surface area (Å²) in [6, 6.07) is 6.02. The monoisotopic (exact) mass is 210 g/mol. The van der Waals surface area contributed by atoms with E-state index in [0.29, 0.717) is 5.88 Å². The number of aromatic nitrogens is 1. The van der Waals surface area contributed by atoms with Crippen LogP contribution in [0.4, 0.5) is 5.82 Å². The third-order valence-corrected chi connectivity index (χ3v) is 3.36. The molecule has 0 bridgehead atoms. The molecular formula is C11H15ClN2. The summed E-state index contributed by atoms with van der Waals surface area (Å²) in [4.78, 5) is 4.42. The van der Waals surface area contributed by atoms with Crippen molar-refractivity contribution >= 4 is 17.4 Å². The molecule has 1 aliphatic rings. The van der Waals surface area contributed by atoms with Gasteiger partial charge in [0.2, 0.25) is 0 Å². The standard InChI is InChI=1S/C11H15ClN2/c1-9-4-2-5-10(13-9)14-11(8-12)6-3-7-11/h2,4-5H,3,6-8H2,1H3,(H,13,14). The highest BCUT2D eigenvalue weighted by atomic mass is 35.5. The molecular weight excluding hydrogens is 196 g/mol.